The highest BCUT2D eigenvalue weighted by atomic mass is 35.5. The zero-order chi connectivity index (χ0) is 13.9. The molecule has 0 aliphatic carbocycles. The maximum absolute atomic E-state index is 12.0. The number of hydrogen-bond donors (Lipinski definition) is 0. The van der Waals surface area contributed by atoms with E-state index in [-0.39, 0.29) is 10.7 Å². The summed E-state index contributed by atoms with van der Waals surface area (Å²) in [5, 5.41) is 0.459. The molecule has 19 heavy (non-hydrogen) atoms. The first-order chi connectivity index (χ1) is 8.99. The van der Waals surface area contributed by atoms with E-state index in [1.807, 2.05) is 6.07 Å². The van der Waals surface area contributed by atoms with E-state index >= 15 is 0 Å². The van der Waals surface area contributed by atoms with Gasteiger partial charge in [0.05, 0.1) is 0 Å². The van der Waals surface area contributed by atoms with Gasteiger partial charge in [0.2, 0.25) is 0 Å². The minimum Gasteiger partial charge on any atom is -0.379 e. The lowest BCUT2D eigenvalue weighted by Crippen LogP contribution is -2.05. The Hall–Kier alpha value is -1.78. The van der Waals surface area contributed by atoms with Gasteiger partial charge in [0.1, 0.15) is 10.7 Å². The van der Waals surface area contributed by atoms with E-state index in [0.29, 0.717) is 10.6 Å². The number of rotatable bonds is 4. The van der Waals surface area contributed by atoms with Crippen LogP contribution < -0.4 is 0 Å². The first kappa shape index (κ1) is 13.6. The van der Waals surface area contributed by atoms with Crippen molar-refractivity contribution in [2.75, 3.05) is 0 Å². The van der Waals surface area contributed by atoms with Gasteiger partial charge in [-0.15, -0.1) is 0 Å². The summed E-state index contributed by atoms with van der Waals surface area (Å²) < 4.78 is 29.0. The largest absolute Gasteiger partial charge is 0.379 e. The Morgan fingerprint density at radius 1 is 1.00 bits per heavy atom. The van der Waals surface area contributed by atoms with Crippen molar-refractivity contribution in [3.05, 3.63) is 71.8 Å². The normalized spacial score (nSPS) is 11.0. The van der Waals surface area contributed by atoms with E-state index in [9.17, 15) is 8.42 Å². The third-order valence-corrected chi connectivity index (χ3v) is 3.93. The molecule has 0 unspecified atom stereocenters. The number of hydrogen-bond acceptors (Lipinski definition) is 3. The summed E-state index contributed by atoms with van der Waals surface area (Å²) in [7, 11) is -3.88. The van der Waals surface area contributed by atoms with Gasteiger partial charge in [0.15, 0.2) is 0 Å². The first-order valence-corrected chi connectivity index (χ1v) is 7.22. The molecule has 0 aliphatic heterocycles. The summed E-state index contributed by atoms with van der Waals surface area (Å²) in [6.07, 6.45) is 0. The Bertz CT molecular complexity index is 676. The van der Waals surface area contributed by atoms with Crippen molar-refractivity contribution in [3.8, 4) is 0 Å². The molecule has 0 bridgehead atoms. The molecule has 0 amide bonds. The number of benzene rings is 2. The standard InChI is InChI=1S/C14H11ClO3S/c1-11(12-5-3-2-4-6-12)18-19(16,17)14-9-7-13(15)8-10-14/h2-10H,1H2. The van der Waals surface area contributed by atoms with Crippen LogP contribution in [-0.2, 0) is 14.3 Å². The van der Waals surface area contributed by atoms with Crippen LogP contribution in [0, 0.1) is 0 Å². The summed E-state index contributed by atoms with van der Waals surface area (Å²) in [5.41, 5.74) is 0.611. The third-order valence-electron chi connectivity index (χ3n) is 2.41. The minimum absolute atomic E-state index is 0.0361. The average molecular weight is 295 g/mol. The lowest BCUT2D eigenvalue weighted by atomic mass is 10.2. The van der Waals surface area contributed by atoms with E-state index in [4.69, 9.17) is 15.8 Å². The second-order valence-corrected chi connectivity index (χ2v) is 5.76. The lowest BCUT2D eigenvalue weighted by molar-refractivity contribution is 0.464. The molecule has 3 nitrogen and oxygen atoms in total. The highest BCUT2D eigenvalue weighted by molar-refractivity contribution is 7.87. The Morgan fingerprint density at radius 2 is 1.58 bits per heavy atom. The van der Waals surface area contributed by atoms with E-state index in [0.717, 1.165) is 0 Å². The van der Waals surface area contributed by atoms with Gasteiger partial charge in [-0.2, -0.15) is 8.42 Å². The molecule has 0 radical (unpaired) electrons. The van der Waals surface area contributed by atoms with Gasteiger partial charge in [0, 0.05) is 10.6 Å². The molecule has 0 saturated heterocycles. The van der Waals surface area contributed by atoms with Crippen LogP contribution in [0.15, 0.2) is 66.1 Å². The molecule has 0 saturated carbocycles. The van der Waals surface area contributed by atoms with Crippen molar-refractivity contribution in [2.45, 2.75) is 4.90 Å². The van der Waals surface area contributed by atoms with Crippen LogP contribution in [0.5, 0.6) is 0 Å². The van der Waals surface area contributed by atoms with Crippen LogP contribution in [-0.4, -0.2) is 8.42 Å². The summed E-state index contributed by atoms with van der Waals surface area (Å²) in [6.45, 7) is 3.63. The van der Waals surface area contributed by atoms with Crippen LogP contribution in [0.4, 0.5) is 0 Å². The van der Waals surface area contributed by atoms with Gasteiger partial charge in [-0.05, 0) is 24.3 Å². The molecule has 0 spiro atoms. The van der Waals surface area contributed by atoms with Gasteiger partial charge < -0.3 is 4.18 Å². The summed E-state index contributed by atoms with van der Waals surface area (Å²) in [6, 6.07) is 14.6. The minimum atomic E-state index is -3.88. The molecule has 5 heteroatoms. The fourth-order valence-corrected chi connectivity index (χ4v) is 2.51. The van der Waals surface area contributed by atoms with Crippen molar-refractivity contribution in [2.24, 2.45) is 0 Å². The number of halogens is 1. The molecular weight excluding hydrogens is 284 g/mol. The molecule has 0 fully saturated rings. The SMILES string of the molecule is C=C(OS(=O)(=O)c1ccc(Cl)cc1)c1ccccc1. The van der Waals surface area contributed by atoms with Crippen molar-refractivity contribution in [1.82, 2.24) is 0 Å². The maximum Gasteiger partial charge on any atom is 0.339 e. The molecule has 98 valence electrons. The first-order valence-electron chi connectivity index (χ1n) is 5.43. The van der Waals surface area contributed by atoms with Crippen molar-refractivity contribution < 1.29 is 12.6 Å². The van der Waals surface area contributed by atoms with Gasteiger partial charge in [0.25, 0.3) is 0 Å². The smallest absolute Gasteiger partial charge is 0.339 e. The Morgan fingerprint density at radius 3 is 2.16 bits per heavy atom. The molecule has 0 N–H and O–H groups in total. The van der Waals surface area contributed by atoms with Crippen molar-refractivity contribution in [1.29, 1.82) is 0 Å². The molecule has 2 aromatic rings. The molecule has 2 aromatic carbocycles. The molecule has 0 aromatic heterocycles. The second-order valence-electron chi connectivity index (χ2n) is 3.78. The average Bonchev–Trinajstić information content (AvgIpc) is 2.40. The fourth-order valence-electron chi connectivity index (χ4n) is 1.45. The summed E-state index contributed by atoms with van der Waals surface area (Å²) in [5.74, 6) is 0.0792. The Labute approximate surface area is 117 Å². The molecule has 2 rings (SSSR count). The topological polar surface area (TPSA) is 43.4 Å². The van der Waals surface area contributed by atoms with Gasteiger partial charge >= 0.3 is 10.1 Å². The zero-order valence-electron chi connectivity index (χ0n) is 9.91. The highest BCUT2D eigenvalue weighted by Gasteiger charge is 2.17. The fraction of sp³-hybridized carbons (Fsp3) is 0. The molecule has 0 atom stereocenters. The quantitative estimate of drug-likeness (QED) is 0.637. The predicted octanol–water partition coefficient (Wildman–Crippen LogP) is 3.72. The molecule has 0 aliphatic rings. The molecule has 0 heterocycles. The van der Waals surface area contributed by atoms with Crippen molar-refractivity contribution in [3.63, 3.8) is 0 Å². The Balaban J connectivity index is 2.23. The monoisotopic (exact) mass is 294 g/mol. The summed E-state index contributed by atoms with van der Waals surface area (Å²) in [4.78, 5) is 0.0361. The van der Waals surface area contributed by atoms with Gasteiger partial charge in [-0.3, -0.25) is 0 Å². The predicted molar refractivity (Wildman–Crippen MR) is 75.2 cm³/mol. The van der Waals surface area contributed by atoms with Crippen LogP contribution in [0.25, 0.3) is 5.76 Å². The third kappa shape index (κ3) is 3.36. The van der Waals surface area contributed by atoms with E-state index in [1.54, 1.807) is 24.3 Å². The molecular formula is C14H11ClO3S. The van der Waals surface area contributed by atoms with Gasteiger partial charge in [-0.1, -0.05) is 48.5 Å². The second kappa shape index (κ2) is 5.47. The highest BCUT2D eigenvalue weighted by Crippen LogP contribution is 2.22. The Kier molecular flexibility index (Phi) is 3.93. The maximum atomic E-state index is 12.0. The van der Waals surface area contributed by atoms with E-state index < -0.39 is 10.1 Å². The van der Waals surface area contributed by atoms with Crippen LogP contribution in [0.2, 0.25) is 5.02 Å². The van der Waals surface area contributed by atoms with Crippen LogP contribution in [0.3, 0.4) is 0 Å². The van der Waals surface area contributed by atoms with Gasteiger partial charge in [-0.25, -0.2) is 0 Å². The van der Waals surface area contributed by atoms with Crippen molar-refractivity contribution >= 4 is 27.5 Å². The van der Waals surface area contributed by atoms with E-state index in [2.05, 4.69) is 6.58 Å². The zero-order valence-corrected chi connectivity index (χ0v) is 11.5. The lowest BCUT2D eigenvalue weighted by Gasteiger charge is -2.09. The summed E-state index contributed by atoms with van der Waals surface area (Å²) >= 11 is 5.71. The van der Waals surface area contributed by atoms with E-state index in [1.165, 1.54) is 24.3 Å². The van der Waals surface area contributed by atoms with Crippen LogP contribution in [0.1, 0.15) is 5.56 Å². The van der Waals surface area contributed by atoms with Crippen LogP contribution >= 0.6 is 11.6 Å².